The first-order valence-electron chi connectivity index (χ1n) is 17.7. The second-order valence-corrected chi connectivity index (χ2v) is 14.3. The number of piperazine rings is 1. The molecule has 16 nitrogen and oxygen atoms in total. The third kappa shape index (κ3) is 9.60. The van der Waals surface area contributed by atoms with E-state index in [1.807, 2.05) is 4.90 Å². The number of benzene rings is 1. The molecule has 0 spiro atoms. The van der Waals surface area contributed by atoms with Crippen molar-refractivity contribution in [1.82, 2.24) is 29.5 Å². The fourth-order valence-corrected chi connectivity index (χ4v) is 6.58. The van der Waals surface area contributed by atoms with E-state index in [-0.39, 0.29) is 73.5 Å². The molecule has 296 valence electrons. The number of halogens is 3. The van der Waals surface area contributed by atoms with Gasteiger partial charge in [-0.05, 0) is 39.3 Å². The molecule has 1 amide bonds. The van der Waals surface area contributed by atoms with Crippen LogP contribution in [-0.2, 0) is 30.0 Å². The number of fused-ring (bicyclic) bond motifs is 1. The highest BCUT2D eigenvalue weighted by atomic mass is 19.4. The van der Waals surface area contributed by atoms with Crippen LogP contribution in [0.5, 0.6) is 0 Å². The zero-order valence-electron chi connectivity index (χ0n) is 31.6. The third-order valence-corrected chi connectivity index (χ3v) is 9.14. The molecule has 0 bridgehead atoms. The van der Waals surface area contributed by atoms with Gasteiger partial charge in [0.25, 0.3) is 5.56 Å². The quantitative estimate of drug-likeness (QED) is 0.205. The average molecular weight is 772 g/mol. The van der Waals surface area contributed by atoms with Crippen molar-refractivity contribution >= 4 is 40.7 Å². The molecule has 2 fully saturated rings. The number of nitriles is 1. The van der Waals surface area contributed by atoms with E-state index >= 15 is 0 Å². The van der Waals surface area contributed by atoms with Crippen molar-refractivity contribution in [3.63, 3.8) is 0 Å². The molecular weight excluding hydrogens is 727 g/mol. The van der Waals surface area contributed by atoms with Gasteiger partial charge in [-0.1, -0.05) is 12.1 Å². The summed E-state index contributed by atoms with van der Waals surface area (Å²) >= 11 is 0. The van der Waals surface area contributed by atoms with Crippen LogP contribution in [-0.4, -0.2) is 124 Å². The number of hydrogen-bond donors (Lipinski definition) is 0. The van der Waals surface area contributed by atoms with Gasteiger partial charge < -0.3 is 28.9 Å². The van der Waals surface area contributed by atoms with Crippen LogP contribution in [0.2, 0.25) is 0 Å². The number of amides is 1. The molecule has 0 N–H and O–H groups in total. The SMILES string of the molecule is CC(=O)OCCN(CCOC(C)=O)C1CN(c2nc(N3CCN(C(=O)OC(C)(C)C)C(CC#N)C3)c3cnn(-c4cccc(C)c4C(F)(F)F)c(=O)c3n2)C1. The Bertz CT molecular complexity index is 2000. The number of anilines is 2. The summed E-state index contributed by atoms with van der Waals surface area (Å²) in [6.07, 6.45) is -4.15. The molecule has 2 aliphatic heterocycles. The predicted octanol–water partition coefficient (Wildman–Crippen LogP) is 3.46. The summed E-state index contributed by atoms with van der Waals surface area (Å²) in [6, 6.07) is 5.25. The van der Waals surface area contributed by atoms with Gasteiger partial charge in [0.15, 0.2) is 0 Å². The zero-order chi connectivity index (χ0) is 40.2. The number of carbonyl (C=O) groups is 3. The molecule has 0 saturated carbocycles. The maximum atomic E-state index is 14.3. The van der Waals surface area contributed by atoms with Gasteiger partial charge in [-0.3, -0.25) is 19.3 Å². The topological polar surface area (TPSA) is 176 Å². The number of alkyl halides is 3. The van der Waals surface area contributed by atoms with Gasteiger partial charge in [-0.2, -0.15) is 33.2 Å². The van der Waals surface area contributed by atoms with Crippen LogP contribution in [0, 0.1) is 18.3 Å². The lowest BCUT2D eigenvalue weighted by atomic mass is 10.1. The Balaban J connectivity index is 1.55. The van der Waals surface area contributed by atoms with Crippen molar-refractivity contribution in [2.24, 2.45) is 0 Å². The molecule has 1 atom stereocenters. The van der Waals surface area contributed by atoms with Crippen molar-refractivity contribution < 1.29 is 41.8 Å². The normalized spacial score (nSPS) is 16.5. The van der Waals surface area contributed by atoms with Crippen LogP contribution in [0.3, 0.4) is 0 Å². The van der Waals surface area contributed by atoms with Crippen molar-refractivity contribution in [1.29, 1.82) is 5.26 Å². The number of carbonyl (C=O) groups excluding carboxylic acids is 3. The van der Waals surface area contributed by atoms with E-state index in [0.717, 1.165) is 0 Å². The van der Waals surface area contributed by atoms with E-state index in [0.29, 0.717) is 30.9 Å². The second kappa shape index (κ2) is 16.5. The van der Waals surface area contributed by atoms with E-state index in [1.165, 1.54) is 50.1 Å². The zero-order valence-corrected chi connectivity index (χ0v) is 31.6. The molecule has 2 saturated heterocycles. The summed E-state index contributed by atoms with van der Waals surface area (Å²) in [4.78, 5) is 66.6. The molecule has 1 aromatic carbocycles. The van der Waals surface area contributed by atoms with Gasteiger partial charge in [-0.15, -0.1) is 0 Å². The Hall–Kier alpha value is -5.51. The lowest BCUT2D eigenvalue weighted by Gasteiger charge is -2.45. The molecule has 2 aliphatic rings. The van der Waals surface area contributed by atoms with Gasteiger partial charge in [0, 0.05) is 65.7 Å². The molecular formula is C36H44F3N9O7. The minimum absolute atomic E-state index is 0.0332. The number of esters is 2. The Morgan fingerprint density at radius 2 is 1.64 bits per heavy atom. The highest BCUT2D eigenvalue weighted by molar-refractivity contribution is 5.90. The molecule has 55 heavy (non-hydrogen) atoms. The summed E-state index contributed by atoms with van der Waals surface area (Å²) in [5.41, 5.74) is -3.41. The maximum Gasteiger partial charge on any atom is 0.418 e. The van der Waals surface area contributed by atoms with Gasteiger partial charge in [0.1, 0.15) is 30.1 Å². The van der Waals surface area contributed by atoms with E-state index in [9.17, 15) is 37.6 Å². The number of hydrogen-bond acceptors (Lipinski definition) is 14. The molecule has 2 aromatic heterocycles. The Morgan fingerprint density at radius 3 is 2.22 bits per heavy atom. The van der Waals surface area contributed by atoms with Crippen molar-refractivity contribution in [3.8, 4) is 11.8 Å². The summed E-state index contributed by atoms with van der Waals surface area (Å²) < 4.78 is 59.4. The minimum Gasteiger partial charge on any atom is -0.465 e. The van der Waals surface area contributed by atoms with E-state index in [1.54, 1.807) is 30.6 Å². The van der Waals surface area contributed by atoms with Crippen LogP contribution in [0.15, 0.2) is 29.2 Å². The van der Waals surface area contributed by atoms with E-state index < -0.39 is 52.7 Å². The van der Waals surface area contributed by atoms with E-state index in [4.69, 9.17) is 19.2 Å². The lowest BCUT2D eigenvalue weighted by Crippen LogP contribution is -2.61. The van der Waals surface area contributed by atoms with Gasteiger partial charge in [-0.25, -0.2) is 9.78 Å². The summed E-state index contributed by atoms with van der Waals surface area (Å²) in [5, 5.41) is 14.0. The van der Waals surface area contributed by atoms with Crippen LogP contribution in [0.25, 0.3) is 16.6 Å². The highest BCUT2D eigenvalue weighted by Crippen LogP contribution is 2.36. The number of nitrogens with zero attached hydrogens (tertiary/aromatic N) is 9. The van der Waals surface area contributed by atoms with Crippen LogP contribution in [0.1, 0.15) is 52.2 Å². The summed E-state index contributed by atoms with van der Waals surface area (Å²) in [7, 11) is 0. The average Bonchev–Trinajstić information content (AvgIpc) is 3.06. The van der Waals surface area contributed by atoms with Crippen molar-refractivity contribution in [2.45, 2.75) is 71.8 Å². The number of ether oxygens (including phenoxy) is 3. The minimum atomic E-state index is -4.79. The maximum absolute atomic E-state index is 14.3. The Morgan fingerprint density at radius 1 is 0.982 bits per heavy atom. The van der Waals surface area contributed by atoms with Crippen molar-refractivity contribution in [2.75, 3.05) is 68.8 Å². The molecule has 5 rings (SSSR count). The number of rotatable bonds is 11. The predicted molar refractivity (Wildman–Crippen MR) is 193 cm³/mol. The van der Waals surface area contributed by atoms with Gasteiger partial charge in [0.2, 0.25) is 5.95 Å². The molecule has 4 heterocycles. The van der Waals surface area contributed by atoms with Crippen LogP contribution >= 0.6 is 0 Å². The first-order chi connectivity index (χ1) is 25.9. The fourth-order valence-electron chi connectivity index (χ4n) is 6.58. The van der Waals surface area contributed by atoms with Crippen LogP contribution < -0.4 is 15.4 Å². The fraction of sp³-hybridized carbons (Fsp3) is 0.556. The van der Waals surface area contributed by atoms with Gasteiger partial charge >= 0.3 is 24.2 Å². The van der Waals surface area contributed by atoms with Crippen LogP contribution in [0.4, 0.5) is 29.7 Å². The molecule has 0 aliphatic carbocycles. The highest BCUT2D eigenvalue weighted by Gasteiger charge is 2.39. The monoisotopic (exact) mass is 771 g/mol. The first kappa shape index (κ1) is 40.7. The molecule has 0 radical (unpaired) electrons. The number of aryl methyl sites for hydroxylation is 1. The standard InChI is InChI=1S/C36H44F3N9O7/c1-22-8-7-9-28(29(22)36(37,38)39)48-32(51)30-27(18-41-48)31(45-12-13-47(25(19-45)10-11-40)34(52)55-35(4,5)6)43-33(42-30)46-20-26(21-46)44(14-16-53-23(2)49)15-17-54-24(3)50/h7-9,18,25-26H,10,12-17,19-21H2,1-6H3. The smallest absolute Gasteiger partial charge is 0.418 e. The van der Waals surface area contributed by atoms with Crippen molar-refractivity contribution in [3.05, 3.63) is 45.9 Å². The second-order valence-electron chi connectivity index (χ2n) is 14.3. The Kier molecular flexibility index (Phi) is 12.2. The summed E-state index contributed by atoms with van der Waals surface area (Å²) in [6.45, 7) is 11.2. The molecule has 3 aromatic rings. The summed E-state index contributed by atoms with van der Waals surface area (Å²) in [5.74, 6) is -0.497. The number of aromatic nitrogens is 4. The van der Waals surface area contributed by atoms with E-state index in [2.05, 4.69) is 16.2 Å². The Labute approximate surface area is 315 Å². The largest absolute Gasteiger partial charge is 0.465 e. The molecule has 19 heteroatoms. The lowest BCUT2D eigenvalue weighted by molar-refractivity contribution is -0.142. The van der Waals surface area contributed by atoms with Gasteiger partial charge in [0.05, 0.1) is 41.4 Å². The first-order valence-corrected chi connectivity index (χ1v) is 17.7. The third-order valence-electron chi connectivity index (χ3n) is 9.14. The molecule has 1 unspecified atom stereocenters.